The molecule has 0 aromatic heterocycles. The molecule has 0 fully saturated rings. The number of halogens is 3. The molecule has 0 bridgehead atoms. The molecule has 1 unspecified atom stereocenters. The molecule has 0 saturated carbocycles. The van der Waals surface area contributed by atoms with Crippen LogP contribution in [0.5, 0.6) is 5.75 Å². The number of alkyl halides is 3. The average Bonchev–Trinajstić information content (AvgIpc) is 2.36. The topological polar surface area (TPSA) is 55.4 Å². The van der Waals surface area contributed by atoms with Crippen LogP contribution in [-0.4, -0.2) is 27.0 Å². The first-order chi connectivity index (χ1) is 9.23. The predicted octanol–water partition coefficient (Wildman–Crippen LogP) is 1.99. The van der Waals surface area contributed by atoms with E-state index in [-0.39, 0.29) is 11.8 Å². The van der Waals surface area contributed by atoms with Gasteiger partial charge in [-0.15, -0.1) is 0 Å². The van der Waals surface area contributed by atoms with Gasteiger partial charge in [0.15, 0.2) is 0 Å². The normalized spacial score (nSPS) is 19.5. The van der Waals surface area contributed by atoms with Crippen LogP contribution in [0.2, 0.25) is 0 Å². The van der Waals surface area contributed by atoms with E-state index < -0.39 is 15.6 Å². The highest BCUT2D eigenvalue weighted by atomic mass is 32.2. The second kappa shape index (κ2) is 5.25. The van der Waals surface area contributed by atoms with Gasteiger partial charge in [0, 0.05) is 6.04 Å². The fraction of sp³-hybridized carbons (Fsp3) is 0.500. The Morgan fingerprint density at radius 3 is 2.60 bits per heavy atom. The van der Waals surface area contributed by atoms with Crippen LogP contribution in [0.15, 0.2) is 18.2 Å². The van der Waals surface area contributed by atoms with Crippen molar-refractivity contribution >= 4 is 10.1 Å². The first-order valence-corrected chi connectivity index (χ1v) is 7.43. The Balaban J connectivity index is 2.24. The minimum absolute atomic E-state index is 0.233. The van der Waals surface area contributed by atoms with Gasteiger partial charge in [0.2, 0.25) is 0 Å². The minimum Gasteiger partial charge on any atom is -0.376 e. The lowest BCUT2D eigenvalue weighted by molar-refractivity contribution is -0.0500. The largest absolute Gasteiger partial charge is 0.534 e. The zero-order valence-electron chi connectivity index (χ0n) is 10.7. The van der Waals surface area contributed by atoms with E-state index in [4.69, 9.17) is 0 Å². The number of hydrogen-bond acceptors (Lipinski definition) is 4. The summed E-state index contributed by atoms with van der Waals surface area (Å²) in [5.74, 6) is -0.308. The highest BCUT2D eigenvalue weighted by Crippen LogP contribution is 2.30. The van der Waals surface area contributed by atoms with Crippen molar-refractivity contribution < 1.29 is 25.8 Å². The van der Waals surface area contributed by atoms with Gasteiger partial charge >= 0.3 is 15.6 Å². The molecular formula is C12H14F3NO3S. The van der Waals surface area contributed by atoms with Gasteiger partial charge in [0.1, 0.15) is 5.75 Å². The summed E-state index contributed by atoms with van der Waals surface area (Å²) in [7, 11) is -3.80. The minimum atomic E-state index is -5.61. The molecule has 0 radical (unpaired) electrons. The molecule has 0 amide bonds. The SMILES string of the molecule is CNC1CCc2ccc(OS(=O)(=O)C(F)(F)F)cc2C1. The van der Waals surface area contributed by atoms with Crippen LogP contribution in [0.1, 0.15) is 17.5 Å². The molecule has 8 heteroatoms. The monoisotopic (exact) mass is 309 g/mol. The van der Waals surface area contributed by atoms with Crippen LogP contribution in [0.3, 0.4) is 0 Å². The number of hydrogen-bond donors (Lipinski definition) is 1. The van der Waals surface area contributed by atoms with Crippen molar-refractivity contribution in [2.24, 2.45) is 0 Å². The van der Waals surface area contributed by atoms with E-state index >= 15 is 0 Å². The first kappa shape index (κ1) is 15.1. The third kappa shape index (κ3) is 3.06. The second-order valence-electron chi connectivity index (χ2n) is 4.64. The van der Waals surface area contributed by atoms with E-state index in [0.29, 0.717) is 6.42 Å². The zero-order valence-corrected chi connectivity index (χ0v) is 11.5. The number of rotatable bonds is 3. The molecule has 0 heterocycles. The number of likely N-dealkylation sites (N-methyl/N-ethyl adjacent to an activating group) is 1. The average molecular weight is 309 g/mol. The third-order valence-corrected chi connectivity index (χ3v) is 4.28. The highest BCUT2D eigenvalue weighted by Gasteiger charge is 2.48. The first-order valence-electron chi connectivity index (χ1n) is 6.03. The van der Waals surface area contributed by atoms with Crippen molar-refractivity contribution in [1.29, 1.82) is 0 Å². The number of benzene rings is 1. The van der Waals surface area contributed by atoms with Crippen LogP contribution in [0.4, 0.5) is 13.2 Å². The second-order valence-corrected chi connectivity index (χ2v) is 6.18. The Bertz CT molecular complexity index is 598. The van der Waals surface area contributed by atoms with Crippen LogP contribution >= 0.6 is 0 Å². The fourth-order valence-corrected chi connectivity index (χ4v) is 2.66. The Morgan fingerprint density at radius 1 is 1.30 bits per heavy atom. The summed E-state index contributed by atoms with van der Waals surface area (Å²) in [5, 5.41) is 3.10. The van der Waals surface area contributed by atoms with Crippen molar-refractivity contribution in [3.8, 4) is 5.75 Å². The molecule has 1 aliphatic carbocycles. The van der Waals surface area contributed by atoms with Crippen LogP contribution < -0.4 is 9.50 Å². The van der Waals surface area contributed by atoms with Gasteiger partial charge in [0.25, 0.3) is 0 Å². The van der Waals surface area contributed by atoms with E-state index in [1.807, 2.05) is 7.05 Å². The smallest absolute Gasteiger partial charge is 0.376 e. The zero-order chi connectivity index (χ0) is 15.0. The summed E-state index contributed by atoms with van der Waals surface area (Å²) < 4.78 is 62.8. The molecule has 2 rings (SSSR count). The van der Waals surface area contributed by atoms with E-state index in [9.17, 15) is 21.6 Å². The predicted molar refractivity (Wildman–Crippen MR) is 66.9 cm³/mol. The molecule has 1 atom stereocenters. The molecular weight excluding hydrogens is 295 g/mol. The summed E-state index contributed by atoms with van der Waals surface area (Å²) in [5.41, 5.74) is -3.60. The van der Waals surface area contributed by atoms with Gasteiger partial charge in [-0.25, -0.2) is 0 Å². The number of fused-ring (bicyclic) bond motifs is 1. The Hall–Kier alpha value is -1.28. The van der Waals surface area contributed by atoms with E-state index in [0.717, 1.165) is 24.0 Å². The van der Waals surface area contributed by atoms with Gasteiger partial charge in [-0.2, -0.15) is 21.6 Å². The van der Waals surface area contributed by atoms with Crippen LogP contribution in [0.25, 0.3) is 0 Å². The van der Waals surface area contributed by atoms with Gasteiger partial charge in [-0.05, 0) is 49.6 Å². The molecule has 0 spiro atoms. The molecule has 1 aromatic carbocycles. The molecule has 112 valence electrons. The van der Waals surface area contributed by atoms with E-state index in [1.165, 1.54) is 12.1 Å². The summed E-state index contributed by atoms with van der Waals surface area (Å²) in [6.45, 7) is 0. The lowest BCUT2D eigenvalue weighted by atomic mass is 9.88. The number of nitrogens with one attached hydrogen (secondary N) is 1. The summed E-state index contributed by atoms with van der Waals surface area (Å²) in [6, 6.07) is 4.46. The van der Waals surface area contributed by atoms with E-state index in [2.05, 4.69) is 9.50 Å². The third-order valence-electron chi connectivity index (χ3n) is 3.30. The molecule has 0 saturated heterocycles. The molecule has 1 aliphatic rings. The molecule has 0 aliphatic heterocycles. The Kier molecular flexibility index (Phi) is 3.97. The van der Waals surface area contributed by atoms with Gasteiger partial charge in [0.05, 0.1) is 0 Å². The molecule has 4 nitrogen and oxygen atoms in total. The van der Waals surface area contributed by atoms with Crippen molar-refractivity contribution in [1.82, 2.24) is 5.32 Å². The fourth-order valence-electron chi connectivity index (χ4n) is 2.21. The van der Waals surface area contributed by atoms with Crippen molar-refractivity contribution in [2.45, 2.75) is 30.8 Å². The van der Waals surface area contributed by atoms with E-state index in [1.54, 1.807) is 6.07 Å². The highest BCUT2D eigenvalue weighted by molar-refractivity contribution is 7.87. The maximum absolute atomic E-state index is 12.3. The lowest BCUT2D eigenvalue weighted by Gasteiger charge is -2.24. The lowest BCUT2D eigenvalue weighted by Crippen LogP contribution is -2.31. The van der Waals surface area contributed by atoms with Crippen LogP contribution in [0, 0.1) is 0 Å². The molecule has 1 aromatic rings. The summed E-state index contributed by atoms with van der Waals surface area (Å²) in [4.78, 5) is 0. The summed E-state index contributed by atoms with van der Waals surface area (Å²) in [6.07, 6.45) is 2.37. The standard InChI is InChI=1S/C12H14F3NO3S/c1-16-10-4-2-8-3-5-11(7-9(8)6-10)19-20(17,18)12(13,14)15/h3,5,7,10,16H,2,4,6H2,1H3. The Labute approximate surface area is 115 Å². The van der Waals surface area contributed by atoms with Crippen molar-refractivity contribution in [2.75, 3.05) is 7.05 Å². The Morgan fingerprint density at radius 2 is 2.00 bits per heavy atom. The maximum atomic E-state index is 12.3. The summed E-state index contributed by atoms with van der Waals surface area (Å²) >= 11 is 0. The van der Waals surface area contributed by atoms with Crippen molar-refractivity contribution in [3.63, 3.8) is 0 Å². The number of aryl methyl sites for hydroxylation is 1. The maximum Gasteiger partial charge on any atom is 0.534 e. The van der Waals surface area contributed by atoms with Gasteiger partial charge < -0.3 is 9.50 Å². The van der Waals surface area contributed by atoms with Crippen molar-refractivity contribution in [3.05, 3.63) is 29.3 Å². The van der Waals surface area contributed by atoms with Gasteiger partial charge in [-0.3, -0.25) is 0 Å². The van der Waals surface area contributed by atoms with Gasteiger partial charge in [-0.1, -0.05) is 6.07 Å². The molecule has 1 N–H and O–H groups in total. The van der Waals surface area contributed by atoms with Crippen LogP contribution in [-0.2, 0) is 23.0 Å². The molecule has 20 heavy (non-hydrogen) atoms. The quantitative estimate of drug-likeness (QED) is 0.685.